The SMILES string of the molecule is CO/N=C1\CC(c2noc(COc3ccccc3)n2)N(C(=O)c2ccc(-c3ccccc3)cc2)C1. The van der Waals surface area contributed by atoms with Crippen LogP contribution < -0.4 is 4.74 Å². The molecule has 0 N–H and O–H groups in total. The Kier molecular flexibility index (Phi) is 6.52. The van der Waals surface area contributed by atoms with Crippen molar-refractivity contribution in [2.45, 2.75) is 19.1 Å². The smallest absolute Gasteiger partial charge is 0.264 e. The Labute approximate surface area is 202 Å². The number of likely N-dealkylation sites (tertiary alicyclic amines) is 1. The van der Waals surface area contributed by atoms with Gasteiger partial charge in [0.15, 0.2) is 12.4 Å². The van der Waals surface area contributed by atoms with Crippen molar-refractivity contribution in [3.05, 3.63) is 102 Å². The van der Waals surface area contributed by atoms with Gasteiger partial charge in [0.05, 0.1) is 12.3 Å². The largest absolute Gasteiger partial charge is 0.484 e. The number of rotatable bonds is 7. The molecule has 4 aromatic rings. The van der Waals surface area contributed by atoms with Crippen LogP contribution in [0.15, 0.2) is 94.6 Å². The van der Waals surface area contributed by atoms with Crippen LogP contribution >= 0.6 is 0 Å². The Balaban J connectivity index is 1.34. The summed E-state index contributed by atoms with van der Waals surface area (Å²) in [4.78, 5) is 24.6. The molecule has 1 saturated heterocycles. The van der Waals surface area contributed by atoms with Gasteiger partial charge in [-0.1, -0.05) is 71.0 Å². The molecule has 1 amide bonds. The van der Waals surface area contributed by atoms with E-state index in [9.17, 15) is 4.79 Å². The van der Waals surface area contributed by atoms with Gasteiger partial charge in [0.2, 0.25) is 0 Å². The highest BCUT2D eigenvalue weighted by atomic mass is 16.6. The fraction of sp³-hybridized carbons (Fsp3) is 0.185. The number of amides is 1. The van der Waals surface area contributed by atoms with Crippen molar-refractivity contribution in [1.29, 1.82) is 0 Å². The van der Waals surface area contributed by atoms with Gasteiger partial charge in [0, 0.05) is 12.0 Å². The van der Waals surface area contributed by atoms with Crippen LogP contribution in [0.3, 0.4) is 0 Å². The number of hydrogen-bond donors (Lipinski definition) is 0. The summed E-state index contributed by atoms with van der Waals surface area (Å²) in [5.74, 6) is 1.31. The minimum atomic E-state index is -0.417. The molecule has 3 aromatic carbocycles. The maximum Gasteiger partial charge on any atom is 0.264 e. The van der Waals surface area contributed by atoms with Crippen LogP contribution in [0.2, 0.25) is 0 Å². The number of benzene rings is 3. The van der Waals surface area contributed by atoms with Crippen LogP contribution in [0.1, 0.15) is 34.5 Å². The lowest BCUT2D eigenvalue weighted by Gasteiger charge is -2.21. The number of nitrogens with zero attached hydrogens (tertiary/aromatic N) is 4. The molecule has 1 fully saturated rings. The lowest BCUT2D eigenvalue weighted by Crippen LogP contribution is -2.31. The van der Waals surface area contributed by atoms with Crippen LogP contribution in [0, 0.1) is 0 Å². The van der Waals surface area contributed by atoms with E-state index in [1.165, 1.54) is 7.11 Å². The Morgan fingerprint density at radius 2 is 1.69 bits per heavy atom. The maximum atomic E-state index is 13.5. The molecule has 176 valence electrons. The summed E-state index contributed by atoms with van der Waals surface area (Å²) < 4.78 is 11.1. The van der Waals surface area contributed by atoms with Gasteiger partial charge >= 0.3 is 0 Å². The molecule has 5 rings (SSSR count). The second kappa shape index (κ2) is 10.2. The van der Waals surface area contributed by atoms with Gasteiger partial charge in [-0.15, -0.1) is 0 Å². The molecule has 0 bridgehead atoms. The van der Waals surface area contributed by atoms with Gasteiger partial charge in [0.1, 0.15) is 18.9 Å². The monoisotopic (exact) mass is 468 g/mol. The van der Waals surface area contributed by atoms with Crippen LogP contribution in [0.25, 0.3) is 11.1 Å². The van der Waals surface area contributed by atoms with Gasteiger partial charge < -0.3 is 19.0 Å². The summed E-state index contributed by atoms with van der Waals surface area (Å²) in [5.41, 5.74) is 3.45. The van der Waals surface area contributed by atoms with Crippen molar-refractivity contribution in [2.75, 3.05) is 13.7 Å². The van der Waals surface area contributed by atoms with E-state index in [0.717, 1.165) is 16.8 Å². The van der Waals surface area contributed by atoms with E-state index in [2.05, 4.69) is 15.3 Å². The zero-order valence-corrected chi connectivity index (χ0v) is 19.2. The van der Waals surface area contributed by atoms with E-state index in [-0.39, 0.29) is 12.5 Å². The molecule has 1 aromatic heterocycles. The molecule has 0 aliphatic carbocycles. The zero-order chi connectivity index (χ0) is 24.0. The van der Waals surface area contributed by atoms with Gasteiger partial charge in [-0.05, 0) is 35.4 Å². The highest BCUT2D eigenvalue weighted by Gasteiger charge is 2.38. The average Bonchev–Trinajstić information content (AvgIpc) is 3.56. The summed E-state index contributed by atoms with van der Waals surface area (Å²) in [7, 11) is 1.49. The fourth-order valence-corrected chi connectivity index (χ4v) is 4.07. The zero-order valence-electron chi connectivity index (χ0n) is 19.2. The van der Waals surface area contributed by atoms with E-state index in [1.54, 1.807) is 4.90 Å². The number of hydrogen-bond acceptors (Lipinski definition) is 7. The third kappa shape index (κ3) is 5.06. The van der Waals surface area contributed by atoms with Crippen molar-refractivity contribution in [3.8, 4) is 16.9 Å². The molecule has 0 spiro atoms. The maximum absolute atomic E-state index is 13.5. The molecule has 0 saturated carbocycles. The third-order valence-electron chi connectivity index (χ3n) is 5.77. The molecule has 1 atom stereocenters. The minimum Gasteiger partial charge on any atom is -0.484 e. The second-order valence-electron chi connectivity index (χ2n) is 8.08. The summed E-state index contributed by atoms with van der Waals surface area (Å²) in [6.07, 6.45) is 0.459. The van der Waals surface area contributed by atoms with E-state index >= 15 is 0 Å². The summed E-state index contributed by atoms with van der Waals surface area (Å²) in [6, 6.07) is 26.6. The van der Waals surface area contributed by atoms with E-state index in [1.807, 2.05) is 84.9 Å². The predicted molar refractivity (Wildman–Crippen MR) is 130 cm³/mol. The van der Waals surface area contributed by atoms with Gasteiger partial charge in [-0.25, -0.2) is 0 Å². The molecule has 0 radical (unpaired) electrons. The van der Waals surface area contributed by atoms with E-state index in [4.69, 9.17) is 14.1 Å². The predicted octanol–water partition coefficient (Wildman–Crippen LogP) is 4.91. The van der Waals surface area contributed by atoms with Gasteiger partial charge in [0.25, 0.3) is 11.8 Å². The average molecular weight is 469 g/mol. The quantitative estimate of drug-likeness (QED) is 0.358. The van der Waals surface area contributed by atoms with Crippen LogP contribution in [0.5, 0.6) is 5.75 Å². The summed E-state index contributed by atoms with van der Waals surface area (Å²) in [5, 5.41) is 8.20. The molecule has 2 heterocycles. The topological polar surface area (TPSA) is 90.1 Å². The molecule has 1 aliphatic heterocycles. The number of carbonyl (C=O) groups is 1. The molecule has 1 aliphatic rings. The highest BCUT2D eigenvalue weighted by Crippen LogP contribution is 2.31. The standard InChI is InChI=1S/C27H24N4O4/c1-33-29-22-16-24(26-28-25(35-30-26)18-34-23-10-6-3-7-11-23)31(17-22)27(32)21-14-12-20(13-15-21)19-8-4-2-5-9-19/h2-15,24H,16-18H2,1H3/b29-22+. The van der Waals surface area contributed by atoms with E-state index in [0.29, 0.717) is 36.0 Å². The Morgan fingerprint density at radius 3 is 2.40 bits per heavy atom. The molecule has 1 unspecified atom stereocenters. The van der Waals surface area contributed by atoms with Gasteiger partial charge in [-0.3, -0.25) is 4.79 Å². The van der Waals surface area contributed by atoms with E-state index < -0.39 is 6.04 Å². The molecular weight excluding hydrogens is 444 g/mol. The number of carbonyl (C=O) groups excluding carboxylic acids is 1. The second-order valence-corrected chi connectivity index (χ2v) is 8.08. The molecule has 35 heavy (non-hydrogen) atoms. The van der Waals surface area contributed by atoms with Crippen molar-refractivity contribution in [1.82, 2.24) is 15.0 Å². The van der Waals surface area contributed by atoms with Crippen molar-refractivity contribution in [2.24, 2.45) is 5.16 Å². The van der Waals surface area contributed by atoms with Crippen LogP contribution in [0.4, 0.5) is 0 Å². The van der Waals surface area contributed by atoms with Gasteiger partial charge in [-0.2, -0.15) is 4.98 Å². The first-order valence-corrected chi connectivity index (χ1v) is 11.3. The first kappa shape index (κ1) is 22.3. The van der Waals surface area contributed by atoms with Crippen molar-refractivity contribution >= 4 is 11.6 Å². The number of para-hydroxylation sites is 1. The third-order valence-corrected chi connectivity index (χ3v) is 5.77. The lowest BCUT2D eigenvalue weighted by molar-refractivity contribution is 0.0732. The normalized spacial score (nSPS) is 16.4. The summed E-state index contributed by atoms with van der Waals surface area (Å²) >= 11 is 0. The van der Waals surface area contributed by atoms with Crippen molar-refractivity contribution < 1.29 is 18.9 Å². The summed E-state index contributed by atoms with van der Waals surface area (Å²) in [6.45, 7) is 0.458. The van der Waals surface area contributed by atoms with Crippen molar-refractivity contribution in [3.63, 3.8) is 0 Å². The number of oxime groups is 1. The molecule has 8 heteroatoms. The fourth-order valence-electron chi connectivity index (χ4n) is 4.07. The first-order valence-electron chi connectivity index (χ1n) is 11.3. The molecule has 8 nitrogen and oxygen atoms in total. The van der Waals surface area contributed by atoms with Crippen LogP contribution in [-0.4, -0.2) is 40.3 Å². The lowest BCUT2D eigenvalue weighted by atomic mass is 10.0. The Bertz CT molecular complexity index is 1300. The van der Waals surface area contributed by atoms with Crippen LogP contribution in [-0.2, 0) is 11.4 Å². The Hall–Kier alpha value is -4.46. The minimum absolute atomic E-state index is 0.136. The Morgan fingerprint density at radius 1 is 1.00 bits per heavy atom. The number of ether oxygens (including phenoxy) is 1. The first-order chi connectivity index (χ1) is 17.2. The highest BCUT2D eigenvalue weighted by molar-refractivity contribution is 6.00. The molecular formula is C27H24N4O4. The number of aromatic nitrogens is 2.